The quantitative estimate of drug-likeness (QED) is 0.718. The normalized spacial score (nSPS) is 13.2. The van der Waals surface area contributed by atoms with Gasteiger partial charge in [0, 0.05) is 17.6 Å². The van der Waals surface area contributed by atoms with Gasteiger partial charge in [-0.1, -0.05) is 0 Å². The van der Waals surface area contributed by atoms with E-state index in [4.69, 9.17) is 4.42 Å². The van der Waals surface area contributed by atoms with E-state index in [1.54, 1.807) is 31.4 Å². The zero-order chi connectivity index (χ0) is 18.4. The van der Waals surface area contributed by atoms with E-state index in [0.29, 0.717) is 27.7 Å². The van der Waals surface area contributed by atoms with Crippen molar-refractivity contribution in [2.45, 2.75) is 6.92 Å². The molecule has 8 heteroatoms. The summed E-state index contributed by atoms with van der Waals surface area (Å²) in [7, 11) is 1.43. The highest BCUT2D eigenvalue weighted by Gasteiger charge is 2.32. The van der Waals surface area contributed by atoms with Crippen LogP contribution in [0, 0.1) is 6.92 Å². The number of imide groups is 1. The number of rotatable bonds is 3. The number of hydrogen-bond donors (Lipinski definition) is 1. The van der Waals surface area contributed by atoms with E-state index in [9.17, 15) is 14.4 Å². The maximum atomic E-state index is 12.6. The third-order valence-corrected chi connectivity index (χ3v) is 5.08. The van der Waals surface area contributed by atoms with Crippen LogP contribution in [0.2, 0.25) is 0 Å². The lowest BCUT2D eigenvalue weighted by molar-refractivity contribution is 0.0692. The van der Waals surface area contributed by atoms with Crippen molar-refractivity contribution in [3.63, 3.8) is 0 Å². The minimum atomic E-state index is -0.387. The van der Waals surface area contributed by atoms with Gasteiger partial charge in [-0.3, -0.25) is 19.3 Å². The molecule has 4 rings (SSSR count). The number of aryl methyl sites for hydroxylation is 1. The van der Waals surface area contributed by atoms with Crippen molar-refractivity contribution in [2.24, 2.45) is 0 Å². The zero-order valence-corrected chi connectivity index (χ0v) is 14.7. The summed E-state index contributed by atoms with van der Waals surface area (Å²) in [5, 5.41) is 3.35. The van der Waals surface area contributed by atoms with Gasteiger partial charge >= 0.3 is 0 Å². The number of thiazole rings is 1. The molecule has 0 atom stereocenters. The molecule has 3 heterocycles. The monoisotopic (exact) mass is 367 g/mol. The Bertz CT molecular complexity index is 1050. The standard InChI is InChI=1S/C18H13N3O4S/c1-9-14(20-16(26-9)13-4-3-7-25-13)15(22)19-10-5-6-11-12(8-10)18(24)21(2)17(11)23/h3-8H,1-2H3,(H,19,22). The minimum absolute atomic E-state index is 0.279. The Balaban J connectivity index is 1.60. The SMILES string of the molecule is Cc1sc(-c2ccco2)nc1C(=O)Nc1ccc2c(c1)C(=O)N(C)C2=O. The Hall–Kier alpha value is -3.26. The summed E-state index contributed by atoms with van der Waals surface area (Å²) >= 11 is 1.36. The second kappa shape index (κ2) is 5.92. The van der Waals surface area contributed by atoms with Gasteiger partial charge in [0.1, 0.15) is 5.69 Å². The van der Waals surface area contributed by atoms with Crippen molar-refractivity contribution in [3.8, 4) is 10.8 Å². The van der Waals surface area contributed by atoms with Crippen molar-refractivity contribution >= 4 is 34.7 Å². The summed E-state index contributed by atoms with van der Waals surface area (Å²) in [5.74, 6) is -0.518. The predicted octanol–water partition coefficient (Wildman–Crippen LogP) is 3.19. The lowest BCUT2D eigenvalue weighted by atomic mass is 10.1. The maximum absolute atomic E-state index is 12.6. The molecule has 0 spiro atoms. The molecule has 0 saturated heterocycles. The minimum Gasteiger partial charge on any atom is -0.462 e. The van der Waals surface area contributed by atoms with Crippen LogP contribution in [0.5, 0.6) is 0 Å². The topological polar surface area (TPSA) is 92.5 Å². The van der Waals surface area contributed by atoms with E-state index in [2.05, 4.69) is 10.3 Å². The number of hydrogen-bond acceptors (Lipinski definition) is 6. The van der Waals surface area contributed by atoms with Crippen LogP contribution in [0.3, 0.4) is 0 Å². The number of carbonyl (C=O) groups is 3. The average molecular weight is 367 g/mol. The van der Waals surface area contributed by atoms with Crippen LogP contribution < -0.4 is 5.32 Å². The molecule has 26 heavy (non-hydrogen) atoms. The van der Waals surface area contributed by atoms with E-state index in [-0.39, 0.29) is 23.3 Å². The van der Waals surface area contributed by atoms with Crippen LogP contribution in [-0.4, -0.2) is 34.7 Å². The van der Waals surface area contributed by atoms with Crippen LogP contribution >= 0.6 is 11.3 Å². The second-order valence-corrected chi connectivity index (χ2v) is 6.99. The van der Waals surface area contributed by atoms with Gasteiger partial charge < -0.3 is 9.73 Å². The molecule has 3 amide bonds. The highest BCUT2D eigenvalue weighted by atomic mass is 32.1. The highest BCUT2D eigenvalue weighted by molar-refractivity contribution is 7.15. The third-order valence-electron chi connectivity index (χ3n) is 4.09. The molecular weight excluding hydrogens is 354 g/mol. The number of nitrogens with one attached hydrogen (secondary N) is 1. The van der Waals surface area contributed by atoms with Crippen LogP contribution in [0.4, 0.5) is 5.69 Å². The number of fused-ring (bicyclic) bond motifs is 1. The first-order chi connectivity index (χ1) is 12.5. The number of nitrogens with zero attached hydrogens (tertiary/aromatic N) is 2. The first kappa shape index (κ1) is 16.2. The van der Waals surface area contributed by atoms with Gasteiger partial charge in [0.25, 0.3) is 17.7 Å². The zero-order valence-electron chi connectivity index (χ0n) is 13.9. The molecule has 130 valence electrons. The molecule has 0 radical (unpaired) electrons. The lowest BCUT2D eigenvalue weighted by Gasteiger charge is -2.05. The molecule has 2 aromatic heterocycles. The molecule has 0 aliphatic carbocycles. The van der Waals surface area contributed by atoms with Crippen molar-refractivity contribution in [3.05, 3.63) is 58.3 Å². The first-order valence-electron chi connectivity index (χ1n) is 7.75. The molecule has 7 nitrogen and oxygen atoms in total. The van der Waals surface area contributed by atoms with Gasteiger partial charge in [-0.15, -0.1) is 11.3 Å². The molecular formula is C18H13N3O4S. The molecule has 1 aromatic carbocycles. The Morgan fingerprint density at radius 3 is 2.69 bits per heavy atom. The van der Waals surface area contributed by atoms with E-state index in [1.807, 2.05) is 0 Å². The summed E-state index contributed by atoms with van der Waals surface area (Å²) in [4.78, 5) is 42.7. The smallest absolute Gasteiger partial charge is 0.275 e. The van der Waals surface area contributed by atoms with Gasteiger partial charge in [-0.2, -0.15) is 0 Å². The van der Waals surface area contributed by atoms with Crippen LogP contribution in [0.15, 0.2) is 41.0 Å². The summed E-state index contributed by atoms with van der Waals surface area (Å²) in [6.45, 7) is 1.80. The average Bonchev–Trinajstić information content (AvgIpc) is 3.32. The highest BCUT2D eigenvalue weighted by Crippen LogP contribution is 2.29. The molecule has 3 aromatic rings. The molecule has 0 bridgehead atoms. The van der Waals surface area contributed by atoms with Gasteiger partial charge in [-0.05, 0) is 37.3 Å². The number of furan rings is 1. The van der Waals surface area contributed by atoms with Gasteiger partial charge in [0.15, 0.2) is 10.8 Å². The number of benzene rings is 1. The second-order valence-electron chi connectivity index (χ2n) is 5.78. The van der Waals surface area contributed by atoms with Gasteiger partial charge in [-0.25, -0.2) is 4.98 Å². The number of aromatic nitrogens is 1. The van der Waals surface area contributed by atoms with Crippen LogP contribution in [0.25, 0.3) is 10.8 Å². The van der Waals surface area contributed by atoms with Crippen molar-refractivity contribution < 1.29 is 18.8 Å². The van der Waals surface area contributed by atoms with E-state index in [1.165, 1.54) is 30.5 Å². The Labute approximate surface area is 152 Å². The molecule has 1 N–H and O–H groups in total. The van der Waals surface area contributed by atoms with Crippen LogP contribution in [-0.2, 0) is 0 Å². The predicted molar refractivity (Wildman–Crippen MR) is 95.4 cm³/mol. The molecule has 0 fully saturated rings. The molecule has 0 saturated carbocycles. The summed E-state index contributed by atoms with van der Waals surface area (Å²) < 4.78 is 5.31. The third kappa shape index (κ3) is 2.51. The fourth-order valence-electron chi connectivity index (χ4n) is 2.74. The van der Waals surface area contributed by atoms with Crippen molar-refractivity contribution in [1.82, 2.24) is 9.88 Å². The van der Waals surface area contributed by atoms with E-state index < -0.39 is 0 Å². The molecule has 0 unspecified atom stereocenters. The first-order valence-corrected chi connectivity index (χ1v) is 8.56. The maximum Gasteiger partial charge on any atom is 0.275 e. The van der Waals surface area contributed by atoms with E-state index >= 15 is 0 Å². The summed E-state index contributed by atoms with van der Waals surface area (Å²) in [6.07, 6.45) is 1.55. The van der Waals surface area contributed by atoms with E-state index in [0.717, 1.165) is 9.78 Å². The van der Waals surface area contributed by atoms with Crippen molar-refractivity contribution in [2.75, 3.05) is 12.4 Å². The summed E-state index contributed by atoms with van der Waals surface area (Å²) in [6, 6.07) is 8.17. The Morgan fingerprint density at radius 1 is 1.19 bits per heavy atom. The molecule has 1 aliphatic rings. The summed E-state index contributed by atoms with van der Waals surface area (Å²) in [5.41, 5.74) is 1.33. The Kier molecular flexibility index (Phi) is 3.69. The van der Waals surface area contributed by atoms with Crippen molar-refractivity contribution in [1.29, 1.82) is 0 Å². The Morgan fingerprint density at radius 2 is 1.96 bits per heavy atom. The number of amides is 3. The van der Waals surface area contributed by atoms with Crippen LogP contribution in [0.1, 0.15) is 36.1 Å². The fourth-order valence-corrected chi connectivity index (χ4v) is 3.62. The lowest BCUT2D eigenvalue weighted by Crippen LogP contribution is -2.24. The van der Waals surface area contributed by atoms with Gasteiger partial charge in [0.2, 0.25) is 0 Å². The largest absolute Gasteiger partial charge is 0.462 e. The number of carbonyl (C=O) groups excluding carboxylic acids is 3. The number of anilines is 1. The fraction of sp³-hybridized carbons (Fsp3) is 0.111. The van der Waals surface area contributed by atoms with Gasteiger partial charge in [0.05, 0.1) is 17.4 Å². The molecule has 1 aliphatic heterocycles.